The highest BCUT2D eigenvalue weighted by Gasteiger charge is 2.40. The van der Waals surface area contributed by atoms with E-state index in [2.05, 4.69) is 15.0 Å². The highest BCUT2D eigenvalue weighted by Crippen LogP contribution is 2.30. The van der Waals surface area contributed by atoms with E-state index in [4.69, 9.17) is 11.6 Å². The molecule has 1 N–H and O–H groups in total. The Morgan fingerprint density at radius 2 is 2.13 bits per heavy atom. The highest BCUT2D eigenvalue weighted by atomic mass is 35.5. The van der Waals surface area contributed by atoms with Gasteiger partial charge < -0.3 is 10.1 Å². The van der Waals surface area contributed by atoms with Gasteiger partial charge in [0, 0.05) is 10.7 Å². The van der Waals surface area contributed by atoms with Crippen molar-refractivity contribution in [3.8, 4) is 0 Å². The molecule has 23 heavy (non-hydrogen) atoms. The van der Waals surface area contributed by atoms with Crippen LogP contribution in [-0.4, -0.2) is 30.5 Å². The second-order valence-electron chi connectivity index (χ2n) is 4.94. The molecule has 0 fully saturated rings. The fraction of sp³-hybridized carbons (Fsp3) is 0.357. The van der Waals surface area contributed by atoms with Gasteiger partial charge in [0.15, 0.2) is 6.61 Å². The zero-order chi connectivity index (χ0) is 17.2. The van der Waals surface area contributed by atoms with Gasteiger partial charge in [-0.1, -0.05) is 23.7 Å². The topological polar surface area (TPSA) is 67.8 Å². The Hall–Kier alpha value is -2.09. The third kappa shape index (κ3) is 4.44. The third-order valence-electron chi connectivity index (χ3n) is 3.18. The molecule has 0 saturated heterocycles. The number of carbonyl (C=O) groups is 2. The molecule has 0 aromatic heterocycles. The van der Waals surface area contributed by atoms with Crippen molar-refractivity contribution in [1.29, 1.82) is 0 Å². The van der Waals surface area contributed by atoms with E-state index >= 15 is 0 Å². The van der Waals surface area contributed by atoms with Gasteiger partial charge in [0.25, 0.3) is 0 Å². The van der Waals surface area contributed by atoms with Gasteiger partial charge in [-0.15, -0.1) is 0 Å². The number of rotatable bonds is 3. The van der Waals surface area contributed by atoms with E-state index in [9.17, 15) is 22.8 Å². The molecule has 0 bridgehead atoms. The maximum atomic E-state index is 12.2. The van der Waals surface area contributed by atoms with Crippen LogP contribution in [-0.2, 0) is 9.53 Å². The Bertz CT molecular complexity index is 661. The first kappa shape index (κ1) is 17.3. The number of halogens is 4. The minimum atomic E-state index is -4.63. The number of ether oxygens (including phenoxy) is 1. The maximum Gasteiger partial charge on any atom is 0.422 e. The van der Waals surface area contributed by atoms with Crippen LogP contribution in [0.4, 0.5) is 18.0 Å². The van der Waals surface area contributed by atoms with Crippen LogP contribution in [0.25, 0.3) is 0 Å². The monoisotopic (exact) mass is 348 g/mol. The Morgan fingerprint density at radius 1 is 1.43 bits per heavy atom. The molecule has 1 aliphatic heterocycles. The molecule has 2 rings (SSSR count). The highest BCUT2D eigenvalue weighted by molar-refractivity contribution is 6.30. The van der Waals surface area contributed by atoms with Gasteiger partial charge in [-0.2, -0.15) is 13.2 Å². The smallest absolute Gasteiger partial charge is 0.422 e. The summed E-state index contributed by atoms with van der Waals surface area (Å²) < 4.78 is 41.0. The molecule has 0 saturated carbocycles. The molecule has 124 valence electrons. The number of esters is 1. The summed E-state index contributed by atoms with van der Waals surface area (Å²) in [6.45, 7) is -0.318. The number of amides is 2. The zero-order valence-corrected chi connectivity index (χ0v) is 12.6. The van der Waals surface area contributed by atoms with E-state index in [0.717, 1.165) is 0 Å². The van der Waals surface area contributed by atoms with Gasteiger partial charge in [0.2, 0.25) is 0 Å². The van der Waals surface area contributed by atoms with Gasteiger partial charge >= 0.3 is 18.2 Å². The summed E-state index contributed by atoms with van der Waals surface area (Å²) in [4.78, 5) is 27.2. The Morgan fingerprint density at radius 3 is 2.74 bits per heavy atom. The fourth-order valence-electron chi connectivity index (χ4n) is 2.24. The number of benzene rings is 1. The standard InChI is InChI=1S/C14H12ClF3N2O3/c1-7-10(12(21)23-6-14(16,17)18)11(20-13(22)19-7)8-3-2-4-9(15)5-8/h2-5,10-11H,6H2,1H3,(H,20,22). The molecule has 1 aromatic carbocycles. The van der Waals surface area contributed by atoms with Crippen molar-refractivity contribution in [2.24, 2.45) is 10.9 Å². The third-order valence-corrected chi connectivity index (χ3v) is 3.42. The van der Waals surface area contributed by atoms with Crippen molar-refractivity contribution < 1.29 is 27.5 Å². The number of nitrogens with one attached hydrogen (secondary N) is 1. The summed E-state index contributed by atoms with van der Waals surface area (Å²) in [6, 6.07) is 4.71. The SMILES string of the molecule is CC1=NC(=O)NC(c2cccc(Cl)c2)C1C(=O)OCC(F)(F)F. The summed E-state index contributed by atoms with van der Waals surface area (Å²) in [5.74, 6) is -2.28. The lowest BCUT2D eigenvalue weighted by Crippen LogP contribution is -2.44. The number of carbonyl (C=O) groups excluding carboxylic acids is 2. The first-order valence-electron chi connectivity index (χ1n) is 6.52. The lowest BCUT2D eigenvalue weighted by molar-refractivity contribution is -0.188. The lowest BCUT2D eigenvalue weighted by atomic mass is 9.88. The molecule has 5 nitrogen and oxygen atoms in total. The summed E-state index contributed by atoms with van der Waals surface area (Å²) in [5, 5.41) is 2.81. The average Bonchev–Trinajstić information content (AvgIpc) is 2.43. The second kappa shape index (κ2) is 6.57. The van der Waals surface area contributed by atoms with Crippen LogP contribution in [0.1, 0.15) is 18.5 Å². The lowest BCUT2D eigenvalue weighted by Gasteiger charge is -2.29. The van der Waals surface area contributed by atoms with Crippen LogP contribution < -0.4 is 5.32 Å². The van der Waals surface area contributed by atoms with E-state index in [1.807, 2.05) is 0 Å². The van der Waals surface area contributed by atoms with Crippen LogP contribution in [0.3, 0.4) is 0 Å². The molecule has 1 aromatic rings. The largest absolute Gasteiger partial charge is 0.455 e. The molecule has 9 heteroatoms. The van der Waals surface area contributed by atoms with Crippen molar-refractivity contribution in [2.75, 3.05) is 6.61 Å². The van der Waals surface area contributed by atoms with Crippen molar-refractivity contribution in [1.82, 2.24) is 5.32 Å². The molecule has 0 spiro atoms. The number of hydrogen-bond acceptors (Lipinski definition) is 3. The van der Waals surface area contributed by atoms with Crippen molar-refractivity contribution in [2.45, 2.75) is 19.1 Å². The summed E-state index contributed by atoms with van der Waals surface area (Å²) >= 11 is 5.88. The van der Waals surface area contributed by atoms with Crippen LogP contribution in [0.2, 0.25) is 5.02 Å². The van der Waals surface area contributed by atoms with E-state index in [1.54, 1.807) is 18.2 Å². The first-order chi connectivity index (χ1) is 10.7. The molecular weight excluding hydrogens is 337 g/mol. The van der Waals surface area contributed by atoms with Gasteiger partial charge in [-0.3, -0.25) is 4.79 Å². The molecule has 2 unspecified atom stereocenters. The van der Waals surface area contributed by atoms with Crippen LogP contribution in [0.15, 0.2) is 29.3 Å². The molecule has 0 radical (unpaired) electrons. The Balaban J connectivity index is 2.29. The van der Waals surface area contributed by atoms with Gasteiger partial charge in [0.05, 0.1) is 6.04 Å². The van der Waals surface area contributed by atoms with Crippen LogP contribution >= 0.6 is 11.6 Å². The predicted octanol–water partition coefficient (Wildman–Crippen LogP) is 3.29. The van der Waals surface area contributed by atoms with Crippen LogP contribution in [0, 0.1) is 5.92 Å². The first-order valence-corrected chi connectivity index (χ1v) is 6.90. The number of urea groups is 1. The van der Waals surface area contributed by atoms with Crippen LogP contribution in [0.5, 0.6) is 0 Å². The van der Waals surface area contributed by atoms with E-state index in [1.165, 1.54) is 13.0 Å². The Kier molecular flexibility index (Phi) is 4.93. The molecule has 1 heterocycles. The normalized spacial score (nSPS) is 21.4. The molecule has 2 amide bonds. The van der Waals surface area contributed by atoms with Gasteiger partial charge in [0.1, 0.15) is 5.92 Å². The molecule has 2 atom stereocenters. The molecular formula is C14H12ClF3N2O3. The number of nitrogens with zero attached hydrogens (tertiary/aromatic N) is 1. The number of alkyl halides is 3. The fourth-order valence-corrected chi connectivity index (χ4v) is 2.44. The average molecular weight is 349 g/mol. The second-order valence-corrected chi connectivity index (χ2v) is 5.37. The van der Waals surface area contributed by atoms with E-state index < -0.39 is 36.7 Å². The van der Waals surface area contributed by atoms with Crippen molar-refractivity contribution in [3.05, 3.63) is 34.9 Å². The number of hydrogen-bond donors (Lipinski definition) is 1. The predicted molar refractivity (Wildman–Crippen MR) is 76.3 cm³/mol. The quantitative estimate of drug-likeness (QED) is 0.852. The zero-order valence-electron chi connectivity index (χ0n) is 11.9. The minimum absolute atomic E-state index is 0.0749. The maximum absolute atomic E-state index is 12.2. The van der Waals surface area contributed by atoms with Crippen molar-refractivity contribution >= 4 is 29.3 Å². The molecule has 0 aliphatic carbocycles. The molecule has 1 aliphatic rings. The minimum Gasteiger partial charge on any atom is -0.455 e. The van der Waals surface area contributed by atoms with E-state index in [0.29, 0.717) is 10.6 Å². The summed E-state index contributed by atoms with van der Waals surface area (Å²) in [5.41, 5.74) is 0.542. The number of aliphatic imine (C=N–C) groups is 1. The van der Waals surface area contributed by atoms with Gasteiger partial charge in [-0.25, -0.2) is 9.79 Å². The van der Waals surface area contributed by atoms with Crippen molar-refractivity contribution in [3.63, 3.8) is 0 Å². The summed E-state index contributed by atoms with van der Waals surface area (Å²) in [7, 11) is 0. The van der Waals surface area contributed by atoms with Gasteiger partial charge in [-0.05, 0) is 24.6 Å². The Labute approximate surface area is 134 Å². The van der Waals surface area contributed by atoms with E-state index in [-0.39, 0.29) is 5.71 Å². The summed E-state index contributed by atoms with van der Waals surface area (Å²) in [6.07, 6.45) is -4.63.